The fourth-order valence-electron chi connectivity index (χ4n) is 2.96. The lowest BCUT2D eigenvalue weighted by molar-refractivity contribution is -0.0479. The second-order valence-corrected chi connectivity index (χ2v) is 5.16. The Labute approximate surface area is 93.8 Å². The minimum Gasteiger partial charge on any atom is -0.375 e. The lowest BCUT2D eigenvalue weighted by atomic mass is 9.92. The first kappa shape index (κ1) is 11.4. The quantitative estimate of drug-likeness (QED) is 0.775. The summed E-state index contributed by atoms with van der Waals surface area (Å²) in [6.07, 6.45) is 13.1. The van der Waals surface area contributed by atoms with E-state index in [4.69, 9.17) is 4.74 Å². The van der Waals surface area contributed by atoms with E-state index >= 15 is 0 Å². The molecule has 1 N–H and O–H groups in total. The zero-order valence-corrected chi connectivity index (χ0v) is 10.0. The van der Waals surface area contributed by atoms with E-state index in [1.165, 1.54) is 57.8 Å². The summed E-state index contributed by atoms with van der Waals surface area (Å²) in [5.74, 6) is 0. The summed E-state index contributed by atoms with van der Waals surface area (Å²) < 4.78 is 6.20. The number of nitrogens with one attached hydrogen (secondary N) is 1. The Bertz CT molecular complexity index is 169. The van der Waals surface area contributed by atoms with Gasteiger partial charge in [-0.25, -0.2) is 0 Å². The minimum atomic E-state index is 0.567. The lowest BCUT2D eigenvalue weighted by Gasteiger charge is -2.32. The standard InChI is InChI=1S/C13H25NO/c1-14-11-7-9-13(10-8-11)15-12-5-3-2-4-6-12/h11-14H,2-10H2,1H3. The molecule has 2 aliphatic carbocycles. The number of rotatable bonds is 3. The average molecular weight is 211 g/mol. The van der Waals surface area contributed by atoms with Crippen molar-refractivity contribution in [3.05, 3.63) is 0 Å². The highest BCUT2D eigenvalue weighted by atomic mass is 16.5. The molecule has 2 heteroatoms. The molecule has 0 saturated heterocycles. The summed E-state index contributed by atoms with van der Waals surface area (Å²) in [6, 6.07) is 0.746. The molecule has 0 spiro atoms. The third kappa shape index (κ3) is 3.46. The number of ether oxygens (including phenoxy) is 1. The van der Waals surface area contributed by atoms with Gasteiger partial charge in [0, 0.05) is 6.04 Å². The maximum absolute atomic E-state index is 6.20. The van der Waals surface area contributed by atoms with E-state index in [9.17, 15) is 0 Å². The Morgan fingerprint density at radius 2 is 1.40 bits per heavy atom. The first-order chi connectivity index (χ1) is 7.38. The molecule has 0 aliphatic heterocycles. The van der Waals surface area contributed by atoms with Crippen LogP contribution in [0.1, 0.15) is 57.8 Å². The van der Waals surface area contributed by atoms with Crippen LogP contribution in [-0.4, -0.2) is 25.3 Å². The van der Waals surface area contributed by atoms with Gasteiger partial charge in [-0.2, -0.15) is 0 Å². The van der Waals surface area contributed by atoms with Gasteiger partial charge < -0.3 is 10.1 Å². The summed E-state index contributed by atoms with van der Waals surface area (Å²) in [4.78, 5) is 0. The van der Waals surface area contributed by atoms with Crippen LogP contribution in [0.5, 0.6) is 0 Å². The Kier molecular flexibility index (Phi) is 4.45. The molecule has 0 heterocycles. The monoisotopic (exact) mass is 211 g/mol. The summed E-state index contributed by atoms with van der Waals surface area (Å²) in [5.41, 5.74) is 0. The first-order valence-corrected chi connectivity index (χ1v) is 6.71. The predicted octanol–water partition coefficient (Wildman–Crippen LogP) is 2.87. The molecule has 0 amide bonds. The maximum atomic E-state index is 6.20. The highest BCUT2D eigenvalue weighted by molar-refractivity contribution is 4.78. The van der Waals surface area contributed by atoms with Gasteiger partial charge in [0.1, 0.15) is 0 Å². The van der Waals surface area contributed by atoms with Crippen molar-refractivity contribution in [1.82, 2.24) is 5.32 Å². The largest absolute Gasteiger partial charge is 0.375 e. The molecule has 2 saturated carbocycles. The van der Waals surface area contributed by atoms with Gasteiger partial charge in [0.15, 0.2) is 0 Å². The molecule has 88 valence electrons. The summed E-state index contributed by atoms with van der Waals surface area (Å²) in [7, 11) is 2.08. The van der Waals surface area contributed by atoms with Crippen LogP contribution in [0.25, 0.3) is 0 Å². The first-order valence-electron chi connectivity index (χ1n) is 6.71. The van der Waals surface area contributed by atoms with Crippen molar-refractivity contribution in [2.24, 2.45) is 0 Å². The van der Waals surface area contributed by atoms with Crippen LogP contribution < -0.4 is 5.32 Å². The van der Waals surface area contributed by atoms with E-state index in [0.717, 1.165) is 6.04 Å². The van der Waals surface area contributed by atoms with Gasteiger partial charge in [-0.3, -0.25) is 0 Å². The van der Waals surface area contributed by atoms with E-state index in [0.29, 0.717) is 12.2 Å². The van der Waals surface area contributed by atoms with E-state index in [2.05, 4.69) is 12.4 Å². The molecule has 0 aromatic carbocycles. The highest BCUT2D eigenvalue weighted by Gasteiger charge is 2.24. The third-order valence-corrected chi connectivity index (χ3v) is 4.02. The Hall–Kier alpha value is -0.0800. The number of hydrogen-bond acceptors (Lipinski definition) is 2. The Morgan fingerprint density at radius 1 is 0.800 bits per heavy atom. The Morgan fingerprint density at radius 3 is 2.00 bits per heavy atom. The van der Waals surface area contributed by atoms with Gasteiger partial charge in [-0.05, 0) is 45.6 Å². The summed E-state index contributed by atoms with van der Waals surface area (Å²) in [5, 5.41) is 3.37. The summed E-state index contributed by atoms with van der Waals surface area (Å²) in [6.45, 7) is 0. The molecular weight excluding hydrogens is 186 g/mol. The molecule has 0 aromatic heterocycles. The van der Waals surface area contributed by atoms with E-state index < -0.39 is 0 Å². The van der Waals surface area contributed by atoms with E-state index in [-0.39, 0.29) is 0 Å². The molecule has 0 aromatic rings. The smallest absolute Gasteiger partial charge is 0.0580 e. The van der Waals surface area contributed by atoms with Crippen LogP contribution in [0.15, 0.2) is 0 Å². The van der Waals surface area contributed by atoms with Crippen LogP contribution >= 0.6 is 0 Å². The number of hydrogen-bond donors (Lipinski definition) is 1. The topological polar surface area (TPSA) is 21.3 Å². The van der Waals surface area contributed by atoms with Crippen molar-refractivity contribution < 1.29 is 4.74 Å². The van der Waals surface area contributed by atoms with Crippen LogP contribution in [-0.2, 0) is 4.74 Å². The molecule has 0 bridgehead atoms. The average Bonchev–Trinajstić information content (AvgIpc) is 2.31. The molecule has 0 atom stereocenters. The molecular formula is C13H25NO. The van der Waals surface area contributed by atoms with Gasteiger partial charge >= 0.3 is 0 Å². The van der Waals surface area contributed by atoms with Crippen molar-refractivity contribution in [1.29, 1.82) is 0 Å². The van der Waals surface area contributed by atoms with Crippen molar-refractivity contribution >= 4 is 0 Å². The molecule has 0 unspecified atom stereocenters. The van der Waals surface area contributed by atoms with Gasteiger partial charge in [0.2, 0.25) is 0 Å². The van der Waals surface area contributed by atoms with Crippen molar-refractivity contribution in [2.45, 2.75) is 76.0 Å². The minimum absolute atomic E-state index is 0.567. The predicted molar refractivity (Wildman–Crippen MR) is 63.1 cm³/mol. The van der Waals surface area contributed by atoms with Gasteiger partial charge in [0.25, 0.3) is 0 Å². The van der Waals surface area contributed by atoms with E-state index in [1.54, 1.807) is 0 Å². The molecule has 2 rings (SSSR count). The zero-order valence-electron chi connectivity index (χ0n) is 10.0. The van der Waals surface area contributed by atoms with Crippen LogP contribution in [0.3, 0.4) is 0 Å². The van der Waals surface area contributed by atoms with Crippen molar-refractivity contribution in [3.8, 4) is 0 Å². The van der Waals surface area contributed by atoms with Crippen LogP contribution in [0, 0.1) is 0 Å². The fraction of sp³-hybridized carbons (Fsp3) is 1.00. The van der Waals surface area contributed by atoms with Crippen LogP contribution in [0.4, 0.5) is 0 Å². The summed E-state index contributed by atoms with van der Waals surface area (Å²) >= 11 is 0. The second-order valence-electron chi connectivity index (χ2n) is 5.16. The highest BCUT2D eigenvalue weighted by Crippen LogP contribution is 2.27. The lowest BCUT2D eigenvalue weighted by Crippen LogP contribution is -2.35. The van der Waals surface area contributed by atoms with E-state index in [1.807, 2.05) is 0 Å². The molecule has 0 radical (unpaired) electrons. The molecule has 15 heavy (non-hydrogen) atoms. The van der Waals surface area contributed by atoms with Gasteiger partial charge in [-0.15, -0.1) is 0 Å². The molecule has 2 nitrogen and oxygen atoms in total. The fourth-order valence-corrected chi connectivity index (χ4v) is 2.96. The SMILES string of the molecule is CNC1CCC(OC2CCCCC2)CC1. The molecule has 2 fully saturated rings. The van der Waals surface area contributed by atoms with Crippen molar-refractivity contribution in [3.63, 3.8) is 0 Å². The Balaban J connectivity index is 1.67. The van der Waals surface area contributed by atoms with Crippen LogP contribution in [0.2, 0.25) is 0 Å². The molecule has 2 aliphatic rings. The third-order valence-electron chi connectivity index (χ3n) is 4.02. The zero-order chi connectivity index (χ0) is 10.5. The normalized spacial score (nSPS) is 34.2. The van der Waals surface area contributed by atoms with Gasteiger partial charge in [-0.1, -0.05) is 19.3 Å². The maximum Gasteiger partial charge on any atom is 0.0580 e. The van der Waals surface area contributed by atoms with Crippen molar-refractivity contribution in [2.75, 3.05) is 7.05 Å². The second kappa shape index (κ2) is 5.86. The van der Waals surface area contributed by atoms with Gasteiger partial charge in [0.05, 0.1) is 12.2 Å².